The third kappa shape index (κ3) is 3.00. The maximum absolute atomic E-state index is 13.2. The number of likely N-dealkylation sites (tertiary alicyclic amines) is 1. The zero-order chi connectivity index (χ0) is 14.0. The maximum atomic E-state index is 13.2. The van der Waals surface area contributed by atoms with Gasteiger partial charge in [0.25, 0.3) is 0 Å². The summed E-state index contributed by atoms with van der Waals surface area (Å²) in [5.41, 5.74) is 1.06. The highest BCUT2D eigenvalue weighted by Gasteiger charge is 2.26. The Morgan fingerprint density at radius 2 is 1.89 bits per heavy atom. The minimum Gasteiger partial charge on any atom is -0.343 e. The highest BCUT2D eigenvalue weighted by molar-refractivity contribution is 5.98. The summed E-state index contributed by atoms with van der Waals surface area (Å²) < 4.78 is 13.2. The molecule has 0 unspecified atom stereocenters. The summed E-state index contributed by atoms with van der Waals surface area (Å²) in [7, 11) is 0. The van der Waals surface area contributed by atoms with E-state index in [9.17, 15) is 14.0 Å². The predicted octanol–water partition coefficient (Wildman–Crippen LogP) is 2.58. The minimum atomic E-state index is -0.289. The number of piperidine rings is 1. The van der Waals surface area contributed by atoms with Gasteiger partial charge < -0.3 is 4.90 Å². The lowest BCUT2D eigenvalue weighted by Gasteiger charge is -2.30. The first kappa shape index (κ1) is 13.7. The molecule has 1 aromatic carbocycles. The fourth-order valence-electron chi connectivity index (χ4n) is 2.49. The van der Waals surface area contributed by atoms with Gasteiger partial charge in [0.15, 0.2) is 5.78 Å². The highest BCUT2D eigenvalue weighted by Crippen LogP contribution is 2.22. The molecule has 4 heteroatoms. The van der Waals surface area contributed by atoms with Crippen LogP contribution in [0.15, 0.2) is 18.2 Å². The van der Waals surface area contributed by atoms with Crippen molar-refractivity contribution in [1.82, 2.24) is 4.90 Å². The van der Waals surface area contributed by atoms with Gasteiger partial charge in [-0.15, -0.1) is 0 Å². The lowest BCUT2D eigenvalue weighted by molar-refractivity contribution is -0.130. The van der Waals surface area contributed by atoms with Gasteiger partial charge in [-0.25, -0.2) is 4.39 Å². The number of nitrogens with zero attached hydrogens (tertiary/aromatic N) is 1. The standard InChI is InChI=1S/C15H18FNO2/c1-10-9-13(3-4-14(10)16)15(19)12-5-7-17(8-6-12)11(2)18/h3-4,9,12H,5-8H2,1-2H3. The van der Waals surface area contributed by atoms with Crippen LogP contribution in [0.4, 0.5) is 4.39 Å². The van der Waals surface area contributed by atoms with Gasteiger partial charge in [0, 0.05) is 31.5 Å². The number of halogens is 1. The van der Waals surface area contributed by atoms with Gasteiger partial charge in [-0.2, -0.15) is 0 Å². The van der Waals surface area contributed by atoms with Crippen molar-refractivity contribution in [2.24, 2.45) is 5.92 Å². The van der Waals surface area contributed by atoms with Crippen LogP contribution in [-0.4, -0.2) is 29.7 Å². The van der Waals surface area contributed by atoms with E-state index < -0.39 is 0 Å². The van der Waals surface area contributed by atoms with Crippen molar-refractivity contribution in [2.45, 2.75) is 26.7 Å². The topological polar surface area (TPSA) is 37.4 Å². The molecule has 1 aliphatic rings. The first-order chi connectivity index (χ1) is 8.99. The van der Waals surface area contributed by atoms with Gasteiger partial charge in [0.1, 0.15) is 5.82 Å². The number of aryl methyl sites for hydroxylation is 1. The maximum Gasteiger partial charge on any atom is 0.219 e. The van der Waals surface area contributed by atoms with Crippen LogP contribution in [0.5, 0.6) is 0 Å². The van der Waals surface area contributed by atoms with Gasteiger partial charge in [-0.05, 0) is 43.5 Å². The Morgan fingerprint density at radius 3 is 2.42 bits per heavy atom. The normalized spacial score (nSPS) is 16.5. The van der Waals surface area contributed by atoms with Crippen molar-refractivity contribution in [1.29, 1.82) is 0 Å². The molecule has 0 radical (unpaired) electrons. The largest absolute Gasteiger partial charge is 0.343 e. The quantitative estimate of drug-likeness (QED) is 0.769. The fourth-order valence-corrected chi connectivity index (χ4v) is 2.49. The Labute approximate surface area is 112 Å². The van der Waals surface area contributed by atoms with Crippen LogP contribution in [0.25, 0.3) is 0 Å². The van der Waals surface area contributed by atoms with Crippen LogP contribution in [0.1, 0.15) is 35.7 Å². The second-order valence-electron chi connectivity index (χ2n) is 5.11. The summed E-state index contributed by atoms with van der Waals surface area (Å²) in [4.78, 5) is 25.3. The van der Waals surface area contributed by atoms with Crippen molar-refractivity contribution in [2.75, 3.05) is 13.1 Å². The number of amides is 1. The fraction of sp³-hybridized carbons (Fsp3) is 0.467. The Kier molecular flexibility index (Phi) is 3.98. The first-order valence-electron chi connectivity index (χ1n) is 6.55. The van der Waals surface area contributed by atoms with Crippen LogP contribution < -0.4 is 0 Å². The Morgan fingerprint density at radius 1 is 1.26 bits per heavy atom. The zero-order valence-corrected chi connectivity index (χ0v) is 11.3. The average molecular weight is 263 g/mol. The molecule has 0 aliphatic carbocycles. The van der Waals surface area contributed by atoms with Crippen molar-refractivity contribution in [3.05, 3.63) is 35.1 Å². The molecule has 1 aromatic rings. The van der Waals surface area contributed by atoms with Gasteiger partial charge in [-0.1, -0.05) is 0 Å². The number of ketones is 1. The van der Waals surface area contributed by atoms with Crippen LogP contribution in [0.3, 0.4) is 0 Å². The molecule has 1 aliphatic heterocycles. The van der Waals surface area contributed by atoms with E-state index in [1.54, 1.807) is 30.9 Å². The molecule has 19 heavy (non-hydrogen) atoms. The second kappa shape index (κ2) is 5.51. The number of rotatable bonds is 2. The number of benzene rings is 1. The van der Waals surface area contributed by atoms with Gasteiger partial charge in [-0.3, -0.25) is 9.59 Å². The van der Waals surface area contributed by atoms with Crippen LogP contribution in [-0.2, 0) is 4.79 Å². The lowest BCUT2D eigenvalue weighted by Crippen LogP contribution is -2.39. The summed E-state index contributed by atoms with van der Waals surface area (Å²) in [6.45, 7) is 4.47. The van der Waals surface area contributed by atoms with Gasteiger partial charge in [0.05, 0.1) is 0 Å². The molecule has 0 aromatic heterocycles. The summed E-state index contributed by atoms with van der Waals surface area (Å²) >= 11 is 0. The van der Waals surface area contributed by atoms with E-state index in [4.69, 9.17) is 0 Å². The second-order valence-corrected chi connectivity index (χ2v) is 5.11. The number of Topliss-reactive ketones (excluding diaryl/α,β-unsaturated/α-hetero) is 1. The summed E-state index contributed by atoms with van der Waals surface area (Å²) in [5, 5.41) is 0. The molecule has 3 nitrogen and oxygen atoms in total. The van der Waals surface area contributed by atoms with E-state index >= 15 is 0 Å². The zero-order valence-electron chi connectivity index (χ0n) is 11.3. The minimum absolute atomic E-state index is 0.0551. The smallest absolute Gasteiger partial charge is 0.219 e. The van der Waals surface area contributed by atoms with Crippen LogP contribution in [0.2, 0.25) is 0 Å². The summed E-state index contributed by atoms with van der Waals surface area (Å²) in [6, 6.07) is 4.49. The Hall–Kier alpha value is -1.71. The van der Waals surface area contributed by atoms with Crippen molar-refractivity contribution < 1.29 is 14.0 Å². The number of carbonyl (C=O) groups excluding carboxylic acids is 2. The van der Waals surface area contributed by atoms with Gasteiger partial charge >= 0.3 is 0 Å². The molecule has 102 valence electrons. The molecule has 1 heterocycles. The van der Waals surface area contributed by atoms with E-state index in [0.29, 0.717) is 37.1 Å². The molecule has 1 fully saturated rings. The van der Waals surface area contributed by atoms with Crippen molar-refractivity contribution in [3.63, 3.8) is 0 Å². The average Bonchev–Trinajstić information content (AvgIpc) is 2.41. The number of hydrogen-bond acceptors (Lipinski definition) is 2. The predicted molar refractivity (Wildman–Crippen MR) is 70.4 cm³/mol. The molecule has 0 atom stereocenters. The molecule has 0 saturated carbocycles. The van der Waals surface area contributed by atoms with Crippen molar-refractivity contribution >= 4 is 11.7 Å². The van der Waals surface area contributed by atoms with E-state index in [0.717, 1.165) is 0 Å². The SMILES string of the molecule is CC(=O)N1CCC(C(=O)c2ccc(F)c(C)c2)CC1. The Balaban J connectivity index is 2.05. The Bertz CT molecular complexity index is 505. The number of hydrogen-bond donors (Lipinski definition) is 0. The monoisotopic (exact) mass is 263 g/mol. The molecule has 1 saturated heterocycles. The van der Waals surface area contributed by atoms with E-state index in [2.05, 4.69) is 0 Å². The van der Waals surface area contributed by atoms with Crippen molar-refractivity contribution in [3.8, 4) is 0 Å². The third-order valence-corrected chi connectivity index (χ3v) is 3.75. The number of carbonyl (C=O) groups is 2. The molecule has 2 rings (SSSR count). The highest BCUT2D eigenvalue weighted by atomic mass is 19.1. The van der Waals surface area contributed by atoms with E-state index in [1.165, 1.54) is 6.07 Å². The molecule has 1 amide bonds. The first-order valence-corrected chi connectivity index (χ1v) is 6.55. The van der Waals surface area contributed by atoms with Crippen LogP contribution >= 0.6 is 0 Å². The van der Waals surface area contributed by atoms with E-state index in [1.807, 2.05) is 0 Å². The van der Waals surface area contributed by atoms with Crippen LogP contribution in [0, 0.1) is 18.7 Å². The molecule has 0 spiro atoms. The molecule has 0 N–H and O–H groups in total. The molecule has 0 bridgehead atoms. The van der Waals surface area contributed by atoms with E-state index in [-0.39, 0.29) is 23.4 Å². The lowest BCUT2D eigenvalue weighted by atomic mass is 9.88. The summed E-state index contributed by atoms with van der Waals surface area (Å²) in [6.07, 6.45) is 1.38. The molecular weight excluding hydrogens is 245 g/mol. The third-order valence-electron chi connectivity index (χ3n) is 3.75. The van der Waals surface area contributed by atoms with Gasteiger partial charge in [0.2, 0.25) is 5.91 Å². The molecular formula is C15H18FNO2. The summed E-state index contributed by atoms with van der Waals surface area (Å²) in [5.74, 6) is -0.224.